The Hall–Kier alpha value is -2.69. The Morgan fingerprint density at radius 3 is 2.26 bits per heavy atom. The molecule has 0 heterocycles. The largest absolute Gasteiger partial charge is 0.479 e. The molecule has 34 heavy (non-hydrogen) atoms. The van der Waals surface area contributed by atoms with Crippen LogP contribution in [0, 0.1) is 0 Å². The van der Waals surface area contributed by atoms with Crippen LogP contribution < -0.4 is 5.73 Å². The van der Waals surface area contributed by atoms with Gasteiger partial charge in [0.05, 0.1) is 6.61 Å². The van der Waals surface area contributed by atoms with Crippen molar-refractivity contribution in [3.63, 3.8) is 0 Å². The van der Waals surface area contributed by atoms with E-state index in [0.29, 0.717) is 19.6 Å². The minimum absolute atomic E-state index is 0.00136. The number of hydrogen-bond donors (Lipinski definition) is 2. The van der Waals surface area contributed by atoms with Crippen molar-refractivity contribution in [1.29, 1.82) is 0 Å². The molecule has 0 fully saturated rings. The van der Waals surface area contributed by atoms with Crippen LogP contribution in [0.15, 0.2) is 66.8 Å². The van der Waals surface area contributed by atoms with E-state index in [-0.39, 0.29) is 16.7 Å². The minimum atomic E-state index is -1.42. The number of carboxylic acids is 1. The molecule has 4 rings (SSSR count). The molecule has 0 amide bonds. The molecule has 180 valence electrons. The number of fused-ring (bicyclic) bond motifs is 1. The smallest absolute Gasteiger partial charge is 0.344 e. The topological polar surface area (TPSA) is 72.5 Å². The molecule has 2 aliphatic carbocycles. The van der Waals surface area contributed by atoms with Crippen molar-refractivity contribution in [2.75, 3.05) is 13.2 Å². The van der Waals surface area contributed by atoms with Crippen LogP contribution in [0.25, 0.3) is 11.1 Å². The van der Waals surface area contributed by atoms with Crippen LogP contribution in [0.1, 0.15) is 69.6 Å². The van der Waals surface area contributed by atoms with Gasteiger partial charge in [-0.05, 0) is 76.6 Å². The maximum atomic E-state index is 11.9. The molecule has 3 N–H and O–H groups in total. The number of aliphatic carboxylic acids is 1. The lowest BCUT2D eigenvalue weighted by Crippen LogP contribution is -2.39. The van der Waals surface area contributed by atoms with E-state index in [4.69, 9.17) is 10.5 Å². The molecule has 0 bridgehead atoms. The molecule has 0 atom stereocenters. The highest BCUT2D eigenvalue weighted by Crippen LogP contribution is 2.47. The predicted octanol–water partition coefficient (Wildman–Crippen LogP) is 6.10. The molecule has 2 aromatic rings. The van der Waals surface area contributed by atoms with E-state index >= 15 is 0 Å². The molecule has 0 saturated carbocycles. The van der Waals surface area contributed by atoms with Crippen molar-refractivity contribution >= 4 is 5.97 Å². The second-order valence-electron chi connectivity index (χ2n) is 11.0. The lowest BCUT2D eigenvalue weighted by molar-refractivity contribution is -0.154. The summed E-state index contributed by atoms with van der Waals surface area (Å²) in [6.07, 6.45) is 10.2. The van der Waals surface area contributed by atoms with E-state index in [0.717, 1.165) is 5.56 Å². The Kier molecular flexibility index (Phi) is 6.58. The summed E-state index contributed by atoms with van der Waals surface area (Å²) < 4.78 is 5.69. The summed E-state index contributed by atoms with van der Waals surface area (Å²) in [6.45, 7) is 10.2. The first kappa shape index (κ1) is 24.4. The molecule has 0 spiro atoms. The summed E-state index contributed by atoms with van der Waals surface area (Å²) in [5.41, 5.74) is 10.9. The summed E-state index contributed by atoms with van der Waals surface area (Å²) in [7, 11) is 0. The fourth-order valence-corrected chi connectivity index (χ4v) is 5.15. The number of hydrogen-bond acceptors (Lipinski definition) is 3. The fraction of sp³-hybridized carbons (Fsp3) is 0.433. The molecule has 2 aromatic carbocycles. The van der Waals surface area contributed by atoms with Crippen LogP contribution in [0.3, 0.4) is 0 Å². The van der Waals surface area contributed by atoms with E-state index in [9.17, 15) is 9.90 Å². The quantitative estimate of drug-likeness (QED) is 0.387. The average Bonchev–Trinajstić information content (AvgIpc) is 2.82. The SMILES string of the molecule is CC1(C)CCC(C)(C)c2cc(-c3cccc(C4C=CC(OCCCN)(C(=O)O)C=C4)c3)ccc21. The van der Waals surface area contributed by atoms with E-state index in [1.54, 1.807) is 12.2 Å². The maximum Gasteiger partial charge on any atom is 0.344 e. The second-order valence-corrected chi connectivity index (χ2v) is 11.0. The van der Waals surface area contributed by atoms with Crippen molar-refractivity contribution in [1.82, 2.24) is 0 Å². The number of ether oxygens (including phenoxy) is 1. The maximum absolute atomic E-state index is 11.9. The van der Waals surface area contributed by atoms with Crippen LogP contribution in [0.2, 0.25) is 0 Å². The molecule has 0 aliphatic heterocycles. The molecular weight excluding hydrogens is 422 g/mol. The van der Waals surface area contributed by atoms with E-state index in [2.05, 4.69) is 70.2 Å². The third kappa shape index (κ3) is 4.62. The molecule has 4 heteroatoms. The summed E-state index contributed by atoms with van der Waals surface area (Å²) in [4.78, 5) is 11.9. The number of nitrogens with two attached hydrogens (primary N) is 1. The minimum Gasteiger partial charge on any atom is -0.479 e. The van der Waals surface area contributed by atoms with Crippen LogP contribution in [-0.2, 0) is 20.4 Å². The van der Waals surface area contributed by atoms with E-state index in [1.165, 1.54) is 35.1 Å². The summed E-state index contributed by atoms with van der Waals surface area (Å²) in [6, 6.07) is 15.5. The van der Waals surface area contributed by atoms with Crippen molar-refractivity contribution in [2.45, 2.75) is 69.3 Å². The monoisotopic (exact) mass is 459 g/mol. The third-order valence-electron chi connectivity index (χ3n) is 7.58. The zero-order valence-corrected chi connectivity index (χ0v) is 20.8. The zero-order valence-electron chi connectivity index (χ0n) is 20.8. The second kappa shape index (κ2) is 9.16. The predicted molar refractivity (Wildman–Crippen MR) is 138 cm³/mol. The Balaban J connectivity index is 1.62. The number of allylic oxidation sites excluding steroid dienone is 2. The zero-order chi connectivity index (χ0) is 24.6. The molecule has 0 unspecified atom stereocenters. The van der Waals surface area contributed by atoms with Crippen LogP contribution >= 0.6 is 0 Å². The van der Waals surface area contributed by atoms with Gasteiger partial charge in [0.2, 0.25) is 5.60 Å². The average molecular weight is 460 g/mol. The number of rotatable bonds is 7. The van der Waals surface area contributed by atoms with E-state index < -0.39 is 11.6 Å². The summed E-state index contributed by atoms with van der Waals surface area (Å²) >= 11 is 0. The summed E-state index contributed by atoms with van der Waals surface area (Å²) in [5.74, 6) is -1.01. The fourth-order valence-electron chi connectivity index (χ4n) is 5.15. The molecule has 0 saturated heterocycles. The van der Waals surface area contributed by atoms with Gasteiger partial charge in [-0.1, -0.05) is 82.3 Å². The standard InChI is InChI=1S/C30H37NO3/c1-28(2)15-16-29(3,4)26-20-24(9-10-25(26)28)23-8-5-7-22(19-23)21-11-13-30(14-12-21,27(32)33)34-18-6-17-31/h5,7-14,19-21H,6,15-18,31H2,1-4H3,(H,32,33). The van der Waals surface area contributed by atoms with Crippen LogP contribution in [0.4, 0.5) is 0 Å². The number of benzene rings is 2. The van der Waals surface area contributed by atoms with Crippen molar-refractivity contribution in [3.05, 3.63) is 83.5 Å². The van der Waals surface area contributed by atoms with Crippen molar-refractivity contribution < 1.29 is 14.6 Å². The van der Waals surface area contributed by atoms with E-state index in [1.807, 2.05) is 12.2 Å². The van der Waals surface area contributed by atoms with Crippen molar-refractivity contribution in [3.8, 4) is 11.1 Å². The molecule has 0 aromatic heterocycles. The first-order valence-electron chi connectivity index (χ1n) is 12.3. The Bertz CT molecular complexity index is 1110. The number of carbonyl (C=O) groups is 1. The van der Waals surface area contributed by atoms with Crippen molar-refractivity contribution in [2.24, 2.45) is 5.73 Å². The Labute approximate surface area is 203 Å². The third-order valence-corrected chi connectivity index (χ3v) is 7.58. The van der Waals surface area contributed by atoms with Gasteiger partial charge < -0.3 is 15.6 Å². The molecular formula is C30H37NO3. The number of carboxylic acid groups (broad SMARTS) is 1. The van der Waals surface area contributed by atoms with Gasteiger partial charge in [-0.15, -0.1) is 0 Å². The highest BCUT2D eigenvalue weighted by atomic mass is 16.5. The lowest BCUT2D eigenvalue weighted by Gasteiger charge is -2.42. The van der Waals surface area contributed by atoms with Gasteiger partial charge >= 0.3 is 5.97 Å². The van der Waals surface area contributed by atoms with Gasteiger partial charge in [0, 0.05) is 5.92 Å². The highest BCUT2D eigenvalue weighted by molar-refractivity contribution is 5.83. The molecule has 2 aliphatic rings. The lowest BCUT2D eigenvalue weighted by atomic mass is 9.63. The van der Waals surface area contributed by atoms with Crippen LogP contribution in [0.5, 0.6) is 0 Å². The van der Waals surface area contributed by atoms with Gasteiger partial charge in [0.1, 0.15) is 0 Å². The first-order valence-corrected chi connectivity index (χ1v) is 12.3. The van der Waals surface area contributed by atoms with Gasteiger partial charge in [0.25, 0.3) is 0 Å². The molecule has 4 nitrogen and oxygen atoms in total. The summed E-state index contributed by atoms with van der Waals surface area (Å²) in [5, 5.41) is 9.75. The molecule has 0 radical (unpaired) electrons. The first-order chi connectivity index (χ1) is 16.1. The highest BCUT2D eigenvalue weighted by Gasteiger charge is 2.38. The normalized spacial score (nSPS) is 24.6. The van der Waals surface area contributed by atoms with Gasteiger partial charge in [0.15, 0.2) is 0 Å². The van der Waals surface area contributed by atoms with Crippen LogP contribution in [-0.4, -0.2) is 29.8 Å². The van der Waals surface area contributed by atoms with Gasteiger partial charge in [-0.3, -0.25) is 0 Å². The Morgan fingerprint density at radius 1 is 0.971 bits per heavy atom. The van der Waals surface area contributed by atoms with Gasteiger partial charge in [-0.2, -0.15) is 0 Å². The van der Waals surface area contributed by atoms with Gasteiger partial charge in [-0.25, -0.2) is 4.79 Å². The Morgan fingerprint density at radius 2 is 1.62 bits per heavy atom.